The Hall–Kier alpha value is -1.89. The van der Waals surface area contributed by atoms with Crippen molar-refractivity contribution >= 4 is 11.9 Å². The van der Waals surface area contributed by atoms with E-state index in [1.54, 1.807) is 6.92 Å². The van der Waals surface area contributed by atoms with E-state index in [0.717, 1.165) is 0 Å². The van der Waals surface area contributed by atoms with Crippen molar-refractivity contribution in [3.05, 3.63) is 17.5 Å². The van der Waals surface area contributed by atoms with Crippen molar-refractivity contribution in [2.75, 3.05) is 13.7 Å². The molecule has 0 radical (unpaired) electrons. The van der Waals surface area contributed by atoms with Crippen LogP contribution in [0.25, 0.3) is 0 Å². The van der Waals surface area contributed by atoms with Crippen LogP contribution in [0.5, 0.6) is 0 Å². The van der Waals surface area contributed by atoms with Gasteiger partial charge in [-0.15, -0.1) is 0 Å². The third kappa shape index (κ3) is 4.54. The first kappa shape index (κ1) is 14.2. The standard InChI is InChI=1S/C11H16N2O5/c1-7(3-10(14)15)5-12-11(16)9-4-8(6-17-2)18-13-9/h4,7H,3,5-6H2,1-2H3,(H,12,16)(H,14,15). The smallest absolute Gasteiger partial charge is 0.303 e. The number of carboxylic acids is 1. The van der Waals surface area contributed by atoms with Gasteiger partial charge < -0.3 is 19.7 Å². The molecule has 0 bridgehead atoms. The summed E-state index contributed by atoms with van der Waals surface area (Å²) in [6.45, 7) is 2.26. The molecular weight excluding hydrogens is 240 g/mol. The second-order valence-corrected chi connectivity index (χ2v) is 4.02. The predicted molar refractivity (Wildman–Crippen MR) is 61.0 cm³/mol. The highest BCUT2D eigenvalue weighted by Gasteiger charge is 2.14. The van der Waals surface area contributed by atoms with Gasteiger partial charge in [-0.1, -0.05) is 12.1 Å². The number of carbonyl (C=O) groups excluding carboxylic acids is 1. The molecule has 0 aliphatic heterocycles. The lowest BCUT2D eigenvalue weighted by atomic mass is 10.1. The highest BCUT2D eigenvalue weighted by molar-refractivity contribution is 5.92. The van der Waals surface area contributed by atoms with Crippen molar-refractivity contribution in [3.8, 4) is 0 Å². The summed E-state index contributed by atoms with van der Waals surface area (Å²) in [6, 6.07) is 1.49. The number of hydrogen-bond acceptors (Lipinski definition) is 5. The van der Waals surface area contributed by atoms with Gasteiger partial charge in [0.15, 0.2) is 11.5 Å². The van der Waals surface area contributed by atoms with E-state index in [1.165, 1.54) is 13.2 Å². The van der Waals surface area contributed by atoms with Crippen LogP contribution >= 0.6 is 0 Å². The lowest BCUT2D eigenvalue weighted by Gasteiger charge is -2.08. The number of amides is 1. The van der Waals surface area contributed by atoms with Crippen molar-refractivity contribution in [1.82, 2.24) is 10.5 Å². The Labute approximate surface area is 104 Å². The van der Waals surface area contributed by atoms with Gasteiger partial charge >= 0.3 is 5.97 Å². The molecule has 0 aliphatic carbocycles. The van der Waals surface area contributed by atoms with Crippen LogP contribution in [0.1, 0.15) is 29.6 Å². The predicted octanol–water partition coefficient (Wildman–Crippen LogP) is 0.662. The van der Waals surface area contributed by atoms with E-state index in [4.69, 9.17) is 14.4 Å². The Kier molecular flexibility index (Phi) is 5.31. The number of carbonyl (C=O) groups is 2. The third-order valence-electron chi connectivity index (χ3n) is 2.21. The quantitative estimate of drug-likeness (QED) is 0.743. The van der Waals surface area contributed by atoms with Gasteiger partial charge in [0.2, 0.25) is 0 Å². The first-order valence-corrected chi connectivity index (χ1v) is 5.47. The molecule has 0 spiro atoms. The van der Waals surface area contributed by atoms with Crippen molar-refractivity contribution < 1.29 is 24.0 Å². The summed E-state index contributed by atoms with van der Waals surface area (Å²) >= 11 is 0. The minimum absolute atomic E-state index is 0.00796. The molecule has 1 aromatic rings. The Balaban J connectivity index is 2.42. The molecule has 0 saturated heterocycles. The van der Waals surface area contributed by atoms with Gasteiger partial charge in [-0.05, 0) is 5.92 Å². The maximum atomic E-state index is 11.6. The molecule has 0 aliphatic rings. The van der Waals surface area contributed by atoms with Gasteiger partial charge in [0, 0.05) is 26.1 Å². The van der Waals surface area contributed by atoms with Gasteiger partial charge in [0.05, 0.1) is 0 Å². The Morgan fingerprint density at radius 1 is 1.61 bits per heavy atom. The van der Waals surface area contributed by atoms with Crippen LogP contribution in [0.4, 0.5) is 0 Å². The van der Waals surface area contributed by atoms with Crippen LogP contribution < -0.4 is 5.32 Å². The highest BCUT2D eigenvalue weighted by atomic mass is 16.5. The maximum absolute atomic E-state index is 11.6. The van der Waals surface area contributed by atoms with Gasteiger partial charge in [-0.2, -0.15) is 0 Å². The van der Waals surface area contributed by atoms with E-state index in [0.29, 0.717) is 5.76 Å². The molecule has 18 heavy (non-hydrogen) atoms. The lowest BCUT2D eigenvalue weighted by molar-refractivity contribution is -0.137. The number of aliphatic carboxylic acids is 1. The van der Waals surface area contributed by atoms with E-state index in [9.17, 15) is 9.59 Å². The molecule has 2 N–H and O–H groups in total. The van der Waals surface area contributed by atoms with E-state index < -0.39 is 11.9 Å². The van der Waals surface area contributed by atoms with Gasteiger partial charge in [-0.25, -0.2) is 0 Å². The summed E-state index contributed by atoms with van der Waals surface area (Å²) in [5.74, 6) is -0.961. The Morgan fingerprint density at radius 3 is 2.94 bits per heavy atom. The Bertz CT molecular complexity index is 415. The molecule has 1 heterocycles. The van der Waals surface area contributed by atoms with Gasteiger partial charge in [0.25, 0.3) is 5.91 Å². The summed E-state index contributed by atoms with van der Waals surface area (Å²) in [7, 11) is 1.51. The van der Waals surface area contributed by atoms with Gasteiger partial charge in [-0.3, -0.25) is 9.59 Å². The maximum Gasteiger partial charge on any atom is 0.303 e. The monoisotopic (exact) mass is 256 g/mol. The molecule has 1 atom stereocenters. The van der Waals surface area contributed by atoms with E-state index >= 15 is 0 Å². The first-order valence-electron chi connectivity index (χ1n) is 5.47. The van der Waals surface area contributed by atoms with Gasteiger partial charge in [0.1, 0.15) is 6.61 Å². The summed E-state index contributed by atoms with van der Waals surface area (Å²) in [4.78, 5) is 22.1. The summed E-state index contributed by atoms with van der Waals surface area (Å²) in [5, 5.41) is 14.8. The molecule has 7 heteroatoms. The second kappa shape index (κ2) is 6.75. The summed E-state index contributed by atoms with van der Waals surface area (Å²) in [6.07, 6.45) is 0.00796. The number of methoxy groups -OCH3 is 1. The van der Waals surface area contributed by atoms with Crippen molar-refractivity contribution in [1.29, 1.82) is 0 Å². The minimum atomic E-state index is -0.888. The zero-order chi connectivity index (χ0) is 13.5. The Morgan fingerprint density at radius 2 is 2.33 bits per heavy atom. The highest BCUT2D eigenvalue weighted by Crippen LogP contribution is 2.05. The molecule has 100 valence electrons. The summed E-state index contributed by atoms with van der Waals surface area (Å²) < 4.78 is 9.70. The average Bonchev–Trinajstić information content (AvgIpc) is 2.74. The van der Waals surface area contributed by atoms with Crippen LogP contribution in [0, 0.1) is 5.92 Å². The van der Waals surface area contributed by atoms with Crippen LogP contribution in [-0.2, 0) is 16.1 Å². The van der Waals surface area contributed by atoms with Crippen molar-refractivity contribution in [2.24, 2.45) is 5.92 Å². The van der Waals surface area contributed by atoms with E-state index in [-0.39, 0.29) is 31.2 Å². The fourth-order valence-corrected chi connectivity index (χ4v) is 1.36. The molecule has 0 fully saturated rings. The number of carboxylic acid groups (broad SMARTS) is 1. The topological polar surface area (TPSA) is 102 Å². The third-order valence-corrected chi connectivity index (χ3v) is 2.21. The van der Waals surface area contributed by atoms with Crippen LogP contribution in [0.3, 0.4) is 0 Å². The molecule has 1 amide bonds. The van der Waals surface area contributed by atoms with Crippen molar-refractivity contribution in [2.45, 2.75) is 20.0 Å². The largest absolute Gasteiger partial charge is 0.481 e. The molecule has 0 aromatic carbocycles. The average molecular weight is 256 g/mol. The molecule has 1 rings (SSSR count). The second-order valence-electron chi connectivity index (χ2n) is 4.02. The normalized spacial score (nSPS) is 12.1. The van der Waals surface area contributed by atoms with Crippen LogP contribution in [0.2, 0.25) is 0 Å². The van der Waals surface area contributed by atoms with Crippen LogP contribution in [0.15, 0.2) is 10.6 Å². The zero-order valence-corrected chi connectivity index (χ0v) is 10.3. The zero-order valence-electron chi connectivity index (χ0n) is 10.3. The number of ether oxygens (including phenoxy) is 1. The first-order chi connectivity index (χ1) is 8.52. The van der Waals surface area contributed by atoms with Crippen LogP contribution in [-0.4, -0.2) is 35.8 Å². The minimum Gasteiger partial charge on any atom is -0.481 e. The van der Waals surface area contributed by atoms with E-state index in [1.807, 2.05) is 0 Å². The molecule has 0 saturated carbocycles. The lowest BCUT2D eigenvalue weighted by Crippen LogP contribution is -2.29. The summed E-state index contributed by atoms with van der Waals surface area (Å²) in [5.41, 5.74) is 0.157. The van der Waals surface area contributed by atoms with E-state index in [2.05, 4.69) is 10.5 Å². The van der Waals surface area contributed by atoms with Crippen molar-refractivity contribution in [3.63, 3.8) is 0 Å². The fourth-order valence-electron chi connectivity index (χ4n) is 1.36. The number of nitrogens with one attached hydrogen (secondary N) is 1. The molecule has 1 unspecified atom stereocenters. The molecular formula is C11H16N2O5. The molecule has 1 aromatic heterocycles. The molecule has 7 nitrogen and oxygen atoms in total. The number of hydrogen-bond donors (Lipinski definition) is 2. The number of aromatic nitrogens is 1. The SMILES string of the molecule is COCc1cc(C(=O)NCC(C)CC(=O)O)no1. The number of nitrogens with zero attached hydrogens (tertiary/aromatic N) is 1. The fraction of sp³-hybridized carbons (Fsp3) is 0.545. The number of rotatable bonds is 7.